The van der Waals surface area contributed by atoms with Gasteiger partial charge >= 0.3 is 0 Å². The van der Waals surface area contributed by atoms with Crippen molar-refractivity contribution in [1.82, 2.24) is 0 Å². The molecule has 3 N–H and O–H groups in total. The first-order chi connectivity index (χ1) is 10.5. The Kier molecular flexibility index (Phi) is 5.08. The zero-order chi connectivity index (χ0) is 15.9. The van der Waals surface area contributed by atoms with Crippen LogP contribution < -0.4 is 15.8 Å². The maximum atomic E-state index is 13.4. The number of carbonyl (C=O) groups is 2. The topological polar surface area (TPSA) is 81.4 Å². The molecule has 0 saturated carbocycles. The van der Waals surface area contributed by atoms with Crippen molar-refractivity contribution in [1.29, 1.82) is 0 Å². The van der Waals surface area contributed by atoms with E-state index < -0.39 is 11.8 Å². The van der Waals surface area contributed by atoms with Crippen LogP contribution in [0.4, 0.5) is 10.1 Å². The highest BCUT2D eigenvalue weighted by molar-refractivity contribution is 6.03. The van der Waals surface area contributed by atoms with Gasteiger partial charge in [0.25, 0.3) is 0 Å². The Bertz CT molecular complexity index is 671. The first-order valence-electron chi connectivity index (χ1n) is 6.59. The molecule has 0 bridgehead atoms. The molecule has 22 heavy (non-hydrogen) atoms. The Morgan fingerprint density at radius 2 is 1.77 bits per heavy atom. The molecule has 0 radical (unpaired) electrons. The largest absolute Gasteiger partial charge is 0.489 e. The maximum absolute atomic E-state index is 13.4. The number of rotatable bonds is 6. The van der Waals surface area contributed by atoms with Gasteiger partial charge in [-0.25, -0.2) is 4.39 Å². The number of anilines is 1. The molecule has 2 rings (SSSR count). The number of nitrogens with one attached hydrogen (secondary N) is 1. The third-order valence-electron chi connectivity index (χ3n) is 2.83. The molecule has 2 amide bonds. The van der Waals surface area contributed by atoms with Gasteiger partial charge in [-0.1, -0.05) is 18.2 Å². The molecule has 6 heteroatoms. The van der Waals surface area contributed by atoms with Gasteiger partial charge in [0, 0.05) is 11.3 Å². The van der Waals surface area contributed by atoms with Crippen molar-refractivity contribution in [3.63, 3.8) is 0 Å². The van der Waals surface area contributed by atoms with Crippen LogP contribution in [0.25, 0.3) is 0 Å². The average molecular weight is 302 g/mol. The summed E-state index contributed by atoms with van der Waals surface area (Å²) >= 11 is 0. The van der Waals surface area contributed by atoms with Crippen LogP contribution in [0.15, 0.2) is 48.5 Å². The number of ether oxygens (including phenoxy) is 1. The van der Waals surface area contributed by atoms with Crippen LogP contribution in [-0.2, 0) is 16.2 Å². The summed E-state index contributed by atoms with van der Waals surface area (Å²) in [6.45, 7) is 0.111. The zero-order valence-corrected chi connectivity index (χ0v) is 11.7. The molecule has 0 fully saturated rings. The lowest BCUT2D eigenvalue weighted by Crippen LogP contribution is -2.21. The molecule has 0 aliphatic rings. The second-order valence-electron chi connectivity index (χ2n) is 4.60. The SMILES string of the molecule is NC(=O)CC(=O)Nc1ccc(OCc2ccccc2F)cc1. The summed E-state index contributed by atoms with van der Waals surface area (Å²) < 4.78 is 18.9. The molecule has 0 aliphatic carbocycles. The molecule has 2 aromatic carbocycles. The highest BCUT2D eigenvalue weighted by Gasteiger charge is 2.06. The molecule has 0 saturated heterocycles. The smallest absolute Gasteiger partial charge is 0.233 e. The maximum Gasteiger partial charge on any atom is 0.233 e. The molecule has 5 nitrogen and oxygen atoms in total. The minimum Gasteiger partial charge on any atom is -0.489 e. The van der Waals surface area contributed by atoms with E-state index in [1.807, 2.05) is 0 Å². The minimum atomic E-state index is -0.692. The third-order valence-corrected chi connectivity index (χ3v) is 2.83. The standard InChI is InChI=1S/C16H15FN2O3/c17-14-4-2-1-3-11(14)10-22-13-7-5-12(6-8-13)19-16(21)9-15(18)20/h1-8H,9-10H2,(H2,18,20)(H,19,21). The summed E-state index contributed by atoms with van der Waals surface area (Å²) in [6, 6.07) is 12.9. The first kappa shape index (κ1) is 15.5. The van der Waals surface area contributed by atoms with Gasteiger partial charge in [0.1, 0.15) is 24.6 Å². The van der Waals surface area contributed by atoms with E-state index in [9.17, 15) is 14.0 Å². The Labute approximate surface area is 126 Å². The molecule has 0 aromatic heterocycles. The summed E-state index contributed by atoms with van der Waals surface area (Å²) in [5.41, 5.74) is 5.91. The quantitative estimate of drug-likeness (QED) is 0.803. The van der Waals surface area contributed by atoms with Crippen LogP contribution in [0.2, 0.25) is 0 Å². The lowest BCUT2D eigenvalue weighted by molar-refractivity contribution is -0.124. The number of halogens is 1. The fourth-order valence-corrected chi connectivity index (χ4v) is 1.77. The van der Waals surface area contributed by atoms with E-state index in [4.69, 9.17) is 10.5 Å². The Hall–Kier alpha value is -2.89. The van der Waals surface area contributed by atoms with Gasteiger partial charge in [-0.2, -0.15) is 0 Å². The van der Waals surface area contributed by atoms with E-state index in [0.29, 0.717) is 17.0 Å². The molecule has 2 aromatic rings. The lowest BCUT2D eigenvalue weighted by Gasteiger charge is -2.08. The van der Waals surface area contributed by atoms with E-state index >= 15 is 0 Å². The summed E-state index contributed by atoms with van der Waals surface area (Å²) in [4.78, 5) is 22.0. The number of primary amides is 1. The van der Waals surface area contributed by atoms with Crippen molar-refractivity contribution in [2.75, 3.05) is 5.32 Å². The molecule has 0 spiro atoms. The predicted molar refractivity (Wildman–Crippen MR) is 79.6 cm³/mol. The number of nitrogens with two attached hydrogens (primary N) is 1. The van der Waals surface area contributed by atoms with E-state index in [0.717, 1.165) is 0 Å². The second-order valence-corrected chi connectivity index (χ2v) is 4.60. The van der Waals surface area contributed by atoms with Crippen LogP contribution in [0.3, 0.4) is 0 Å². The van der Waals surface area contributed by atoms with E-state index in [-0.39, 0.29) is 18.8 Å². The van der Waals surface area contributed by atoms with Crippen molar-refractivity contribution < 1.29 is 18.7 Å². The Morgan fingerprint density at radius 1 is 1.09 bits per heavy atom. The highest BCUT2D eigenvalue weighted by Crippen LogP contribution is 2.18. The van der Waals surface area contributed by atoms with Crippen LogP contribution in [0, 0.1) is 5.82 Å². The number of amides is 2. The first-order valence-corrected chi connectivity index (χ1v) is 6.59. The number of hydrogen-bond acceptors (Lipinski definition) is 3. The van der Waals surface area contributed by atoms with Gasteiger partial charge < -0.3 is 15.8 Å². The van der Waals surface area contributed by atoms with E-state index in [2.05, 4.69) is 5.32 Å². The van der Waals surface area contributed by atoms with E-state index in [1.165, 1.54) is 6.07 Å². The van der Waals surface area contributed by atoms with Crippen molar-refractivity contribution in [3.8, 4) is 5.75 Å². The van der Waals surface area contributed by atoms with Gasteiger partial charge in [-0.3, -0.25) is 9.59 Å². The number of hydrogen-bond donors (Lipinski definition) is 2. The average Bonchev–Trinajstić information content (AvgIpc) is 2.47. The fourth-order valence-electron chi connectivity index (χ4n) is 1.77. The zero-order valence-electron chi connectivity index (χ0n) is 11.7. The molecule has 114 valence electrons. The lowest BCUT2D eigenvalue weighted by atomic mass is 10.2. The van der Waals surface area contributed by atoms with Gasteiger partial charge in [-0.05, 0) is 30.3 Å². The van der Waals surface area contributed by atoms with Crippen molar-refractivity contribution in [2.24, 2.45) is 5.73 Å². The number of carbonyl (C=O) groups excluding carboxylic acids is 2. The molecular formula is C16H15FN2O3. The van der Waals surface area contributed by atoms with Gasteiger partial charge in [0.05, 0.1) is 0 Å². The summed E-state index contributed by atoms with van der Waals surface area (Å²) in [7, 11) is 0. The summed E-state index contributed by atoms with van der Waals surface area (Å²) in [5, 5.41) is 2.53. The summed E-state index contributed by atoms with van der Waals surface area (Å²) in [6.07, 6.45) is -0.370. The molecular weight excluding hydrogens is 287 g/mol. The van der Waals surface area contributed by atoms with Crippen molar-refractivity contribution in [2.45, 2.75) is 13.0 Å². The van der Waals surface area contributed by atoms with Gasteiger partial charge in [0.15, 0.2) is 0 Å². The van der Waals surface area contributed by atoms with Gasteiger partial charge in [-0.15, -0.1) is 0 Å². The number of benzene rings is 2. The fraction of sp³-hybridized carbons (Fsp3) is 0.125. The monoisotopic (exact) mass is 302 g/mol. The van der Waals surface area contributed by atoms with Crippen molar-refractivity contribution in [3.05, 3.63) is 59.9 Å². The Balaban J connectivity index is 1.91. The third kappa shape index (κ3) is 4.59. The molecule has 0 heterocycles. The highest BCUT2D eigenvalue weighted by atomic mass is 19.1. The summed E-state index contributed by atoms with van der Waals surface area (Å²) in [5.74, 6) is -0.955. The van der Waals surface area contributed by atoms with Crippen LogP contribution >= 0.6 is 0 Å². The molecule has 0 unspecified atom stereocenters. The van der Waals surface area contributed by atoms with Gasteiger partial charge in [0.2, 0.25) is 11.8 Å². The second kappa shape index (κ2) is 7.21. The normalized spacial score (nSPS) is 10.0. The Morgan fingerprint density at radius 3 is 2.41 bits per heavy atom. The molecule has 0 aliphatic heterocycles. The molecule has 0 atom stereocenters. The van der Waals surface area contributed by atoms with Crippen LogP contribution in [0.5, 0.6) is 5.75 Å². The predicted octanol–water partition coefficient (Wildman–Crippen LogP) is 2.22. The minimum absolute atomic E-state index is 0.111. The van der Waals surface area contributed by atoms with Crippen LogP contribution in [-0.4, -0.2) is 11.8 Å². The van der Waals surface area contributed by atoms with E-state index in [1.54, 1.807) is 42.5 Å². The van der Waals surface area contributed by atoms with Crippen LogP contribution in [0.1, 0.15) is 12.0 Å². The van der Waals surface area contributed by atoms with Crippen molar-refractivity contribution >= 4 is 17.5 Å².